The van der Waals surface area contributed by atoms with Crippen LogP contribution in [0.1, 0.15) is 20.3 Å². The number of thioether (sulfide) groups is 1. The summed E-state index contributed by atoms with van der Waals surface area (Å²) in [6, 6.07) is 7.19. The monoisotopic (exact) mass is 345 g/mol. The third-order valence-electron chi connectivity index (χ3n) is 3.24. The first-order chi connectivity index (χ1) is 9.82. The molecule has 2 rings (SSSR count). The number of esters is 1. The minimum Gasteiger partial charge on any atom is -0.466 e. The average Bonchev–Trinajstić information content (AvgIpc) is 2.58. The maximum absolute atomic E-state index is 10.8. The molecule has 1 aromatic rings. The van der Waals surface area contributed by atoms with Crippen molar-refractivity contribution in [2.45, 2.75) is 31.2 Å². The van der Waals surface area contributed by atoms with Gasteiger partial charge in [-0.05, 0) is 31.5 Å². The quantitative estimate of drug-likeness (QED) is 0.668. The van der Waals surface area contributed by atoms with Crippen LogP contribution in [0.15, 0.2) is 24.3 Å². The van der Waals surface area contributed by atoms with E-state index in [0.29, 0.717) is 15.8 Å². The van der Waals surface area contributed by atoms with E-state index in [4.69, 9.17) is 28.6 Å². The van der Waals surface area contributed by atoms with Gasteiger partial charge in [0.25, 0.3) is 0 Å². The highest BCUT2D eigenvalue weighted by atomic mass is 35.5. The lowest BCUT2D eigenvalue weighted by atomic mass is 10.1. The highest BCUT2D eigenvalue weighted by Crippen LogP contribution is 2.43. The molecule has 1 aromatic carbocycles. The molecule has 1 fully saturated rings. The van der Waals surface area contributed by atoms with Crippen molar-refractivity contribution in [2.75, 3.05) is 11.5 Å². The molecule has 0 amide bonds. The molecule has 0 radical (unpaired) electrons. The van der Waals surface area contributed by atoms with Crippen molar-refractivity contribution in [3.63, 3.8) is 0 Å². The summed E-state index contributed by atoms with van der Waals surface area (Å²) in [5, 5.41) is 11.2. The van der Waals surface area contributed by atoms with Crippen molar-refractivity contribution in [1.82, 2.24) is 0 Å². The molecule has 1 aliphatic heterocycles. The predicted octanol–water partition coefficient (Wildman–Crippen LogP) is 3.21. The summed E-state index contributed by atoms with van der Waals surface area (Å²) in [7, 11) is 0. The Morgan fingerprint density at radius 3 is 2.95 bits per heavy atom. The molecular formula is C14H16ClNO3S2. The summed E-state index contributed by atoms with van der Waals surface area (Å²) in [5.41, 5.74) is -0.410. The van der Waals surface area contributed by atoms with Crippen molar-refractivity contribution in [2.24, 2.45) is 0 Å². The summed E-state index contributed by atoms with van der Waals surface area (Å²) in [5.74, 6) is -0.327. The van der Waals surface area contributed by atoms with Crippen LogP contribution < -0.4 is 4.90 Å². The molecule has 0 aromatic heterocycles. The van der Waals surface area contributed by atoms with Gasteiger partial charge < -0.3 is 9.84 Å². The van der Waals surface area contributed by atoms with Gasteiger partial charge in [-0.2, -0.15) is 0 Å². The number of ether oxygens (including phenoxy) is 1. The molecule has 4 nitrogen and oxygen atoms in total. The zero-order valence-corrected chi connectivity index (χ0v) is 14.1. The minimum atomic E-state index is -1.16. The van der Waals surface area contributed by atoms with Gasteiger partial charge in [-0.15, -0.1) is 0 Å². The van der Waals surface area contributed by atoms with Gasteiger partial charge >= 0.3 is 5.97 Å². The topological polar surface area (TPSA) is 49.8 Å². The van der Waals surface area contributed by atoms with Gasteiger partial charge in [-0.1, -0.05) is 41.6 Å². The average molecular weight is 346 g/mol. The van der Waals surface area contributed by atoms with Gasteiger partial charge in [0.05, 0.1) is 11.9 Å². The Labute approximate surface area is 138 Å². The van der Waals surface area contributed by atoms with Crippen molar-refractivity contribution in [3.05, 3.63) is 29.3 Å². The van der Waals surface area contributed by atoms with E-state index in [9.17, 15) is 9.90 Å². The Kier molecular flexibility index (Phi) is 5.14. The molecule has 1 saturated heterocycles. The summed E-state index contributed by atoms with van der Waals surface area (Å²) in [6.45, 7) is 3.33. The number of hydrogen-bond acceptors (Lipinski definition) is 5. The Morgan fingerprint density at radius 1 is 1.62 bits per heavy atom. The zero-order chi connectivity index (χ0) is 15.6. The standard InChI is InChI=1S/C14H16ClNO3S2/c1-9(17)19-7-6-12-14(2,18)16(13(20)21-12)11-5-3-4-10(15)8-11/h3-5,8,12,18H,6-7H2,1-2H3. The fourth-order valence-corrected chi connectivity index (χ4v) is 4.24. The first-order valence-corrected chi connectivity index (χ1v) is 8.11. The fraction of sp³-hybridized carbons (Fsp3) is 0.429. The molecule has 2 unspecified atom stereocenters. The molecule has 0 spiro atoms. The summed E-state index contributed by atoms with van der Waals surface area (Å²) in [6.07, 6.45) is 0.522. The Balaban J connectivity index is 2.16. The molecule has 1 aliphatic rings. The number of thiocarbonyl (C=S) groups is 1. The molecule has 7 heteroatoms. The molecule has 0 saturated carbocycles. The largest absolute Gasteiger partial charge is 0.466 e. The predicted molar refractivity (Wildman–Crippen MR) is 89.8 cm³/mol. The maximum atomic E-state index is 10.8. The molecule has 114 valence electrons. The lowest BCUT2D eigenvalue weighted by molar-refractivity contribution is -0.141. The van der Waals surface area contributed by atoms with Crippen LogP contribution in [0.3, 0.4) is 0 Å². The molecule has 0 aliphatic carbocycles. The molecule has 0 bridgehead atoms. The lowest BCUT2D eigenvalue weighted by Gasteiger charge is -2.34. The first-order valence-electron chi connectivity index (χ1n) is 6.44. The highest BCUT2D eigenvalue weighted by Gasteiger charge is 2.47. The first kappa shape index (κ1) is 16.5. The van der Waals surface area contributed by atoms with Gasteiger partial charge in [-0.25, -0.2) is 0 Å². The molecular weight excluding hydrogens is 330 g/mol. The van der Waals surface area contributed by atoms with E-state index >= 15 is 0 Å². The number of rotatable bonds is 4. The SMILES string of the molecule is CC(=O)OCCC1SC(=S)N(c2cccc(Cl)c2)C1(C)O. The van der Waals surface area contributed by atoms with E-state index in [0.717, 1.165) is 5.69 Å². The summed E-state index contributed by atoms with van der Waals surface area (Å²) >= 11 is 12.8. The highest BCUT2D eigenvalue weighted by molar-refractivity contribution is 8.24. The van der Waals surface area contributed by atoms with Crippen LogP contribution in [0.2, 0.25) is 5.02 Å². The van der Waals surface area contributed by atoms with Crippen molar-refractivity contribution in [1.29, 1.82) is 0 Å². The second-order valence-electron chi connectivity index (χ2n) is 4.91. The number of anilines is 1. The zero-order valence-electron chi connectivity index (χ0n) is 11.7. The Bertz CT molecular complexity index is 565. The summed E-state index contributed by atoms with van der Waals surface area (Å²) < 4.78 is 5.52. The molecule has 1 heterocycles. The Morgan fingerprint density at radius 2 is 2.33 bits per heavy atom. The number of carbonyl (C=O) groups is 1. The van der Waals surface area contributed by atoms with Gasteiger partial charge in [0.15, 0.2) is 5.72 Å². The minimum absolute atomic E-state index is 0.177. The maximum Gasteiger partial charge on any atom is 0.302 e. The second kappa shape index (κ2) is 6.52. The van der Waals surface area contributed by atoms with Crippen LogP contribution in [-0.4, -0.2) is 33.0 Å². The fourth-order valence-electron chi connectivity index (χ4n) is 2.24. The van der Waals surface area contributed by atoms with Gasteiger partial charge in [0.2, 0.25) is 0 Å². The third-order valence-corrected chi connectivity index (χ3v) is 5.30. The van der Waals surface area contributed by atoms with E-state index in [1.807, 2.05) is 12.1 Å². The van der Waals surface area contributed by atoms with Crippen molar-refractivity contribution >= 4 is 51.6 Å². The van der Waals surface area contributed by atoms with E-state index in [2.05, 4.69) is 0 Å². The van der Waals surface area contributed by atoms with E-state index < -0.39 is 5.72 Å². The smallest absolute Gasteiger partial charge is 0.302 e. The van der Waals surface area contributed by atoms with Crippen LogP contribution in [0, 0.1) is 0 Å². The van der Waals surface area contributed by atoms with Gasteiger partial charge in [0.1, 0.15) is 4.32 Å². The third kappa shape index (κ3) is 3.69. The van der Waals surface area contributed by atoms with Crippen LogP contribution in [0.4, 0.5) is 5.69 Å². The number of nitrogens with zero attached hydrogens (tertiary/aromatic N) is 1. The summed E-state index contributed by atoms with van der Waals surface area (Å²) in [4.78, 5) is 12.5. The number of hydrogen-bond donors (Lipinski definition) is 1. The van der Waals surface area contributed by atoms with Crippen LogP contribution in [0.25, 0.3) is 0 Å². The van der Waals surface area contributed by atoms with Crippen LogP contribution in [-0.2, 0) is 9.53 Å². The number of halogens is 1. The Hall–Kier alpha value is -0.820. The van der Waals surface area contributed by atoms with Crippen molar-refractivity contribution in [3.8, 4) is 0 Å². The van der Waals surface area contributed by atoms with E-state index in [1.54, 1.807) is 24.0 Å². The number of benzene rings is 1. The van der Waals surface area contributed by atoms with E-state index in [-0.39, 0.29) is 17.8 Å². The lowest BCUT2D eigenvalue weighted by Crippen LogP contribution is -2.49. The van der Waals surface area contributed by atoms with Gasteiger partial charge in [0, 0.05) is 17.6 Å². The number of aliphatic hydroxyl groups is 1. The normalized spacial score (nSPS) is 25.2. The molecule has 21 heavy (non-hydrogen) atoms. The van der Waals surface area contributed by atoms with Crippen molar-refractivity contribution < 1.29 is 14.6 Å². The van der Waals surface area contributed by atoms with Gasteiger partial charge in [-0.3, -0.25) is 9.69 Å². The molecule has 2 atom stereocenters. The van der Waals surface area contributed by atoms with Crippen LogP contribution >= 0.6 is 35.6 Å². The second-order valence-corrected chi connectivity index (χ2v) is 7.18. The van der Waals surface area contributed by atoms with E-state index in [1.165, 1.54) is 18.7 Å². The molecule has 1 N–H and O–H groups in total. The number of carbonyl (C=O) groups excluding carboxylic acids is 1. The van der Waals surface area contributed by atoms with Crippen LogP contribution in [0.5, 0.6) is 0 Å².